The van der Waals surface area contributed by atoms with Gasteiger partial charge in [-0.2, -0.15) is 0 Å². The third kappa shape index (κ3) is 4.68. The molecule has 3 aromatic carbocycles. The minimum absolute atomic E-state index is 0.197. The van der Waals surface area contributed by atoms with Crippen LogP contribution in [0.3, 0.4) is 0 Å². The van der Waals surface area contributed by atoms with Crippen molar-refractivity contribution >= 4 is 20.1 Å². The predicted molar refractivity (Wildman–Crippen MR) is 130 cm³/mol. The molecule has 3 aromatic rings. The van der Waals surface area contributed by atoms with Gasteiger partial charge in [0.25, 0.3) is 0 Å². The number of thioether (sulfide) groups is 1. The number of hydrogen-bond donors (Lipinski definition) is 0. The van der Waals surface area contributed by atoms with Gasteiger partial charge in [0, 0.05) is 0 Å². The highest BCUT2D eigenvalue weighted by Crippen LogP contribution is 2.49. The molecule has 3 heteroatoms. The molecule has 0 bridgehead atoms. The molecular formula is C26H32OSSi. The molecule has 0 heterocycles. The zero-order valence-electron chi connectivity index (χ0n) is 18.2. The van der Waals surface area contributed by atoms with Gasteiger partial charge in [-0.15, -0.1) is 11.8 Å². The summed E-state index contributed by atoms with van der Waals surface area (Å²) in [4.78, 5) is 0. The molecule has 0 N–H and O–H groups in total. The molecule has 0 spiro atoms. The summed E-state index contributed by atoms with van der Waals surface area (Å²) >= 11 is 1.88. The first-order valence-electron chi connectivity index (χ1n) is 10.2. The maximum absolute atomic E-state index is 6.62. The highest BCUT2D eigenvalue weighted by Gasteiger charge is 2.40. The zero-order valence-corrected chi connectivity index (χ0v) is 20.0. The minimum atomic E-state index is -1.83. The van der Waals surface area contributed by atoms with Crippen LogP contribution in [0.25, 0.3) is 0 Å². The second kappa shape index (κ2) is 8.91. The van der Waals surface area contributed by atoms with Crippen molar-refractivity contribution < 1.29 is 4.43 Å². The number of benzene rings is 3. The minimum Gasteiger partial charge on any atom is -0.408 e. The molecule has 0 radical (unpaired) electrons. The van der Waals surface area contributed by atoms with E-state index in [9.17, 15) is 0 Å². The summed E-state index contributed by atoms with van der Waals surface area (Å²) in [6.07, 6.45) is 0. The van der Waals surface area contributed by atoms with Crippen LogP contribution < -0.4 is 0 Å². The van der Waals surface area contributed by atoms with E-state index in [1.54, 1.807) is 0 Å². The van der Waals surface area contributed by atoms with E-state index in [4.69, 9.17) is 4.43 Å². The lowest BCUT2D eigenvalue weighted by molar-refractivity contribution is 0.353. The van der Waals surface area contributed by atoms with Crippen molar-refractivity contribution in [3.8, 4) is 0 Å². The molecule has 0 fully saturated rings. The van der Waals surface area contributed by atoms with Gasteiger partial charge in [0.05, 0.1) is 10.7 Å². The molecule has 3 rings (SSSR count). The van der Waals surface area contributed by atoms with Gasteiger partial charge in [-0.3, -0.25) is 0 Å². The largest absolute Gasteiger partial charge is 0.408 e. The summed E-state index contributed by atoms with van der Waals surface area (Å²) in [5, 5.41) is 0.197. The Labute approximate surface area is 181 Å². The predicted octanol–water partition coefficient (Wildman–Crippen LogP) is 7.69. The van der Waals surface area contributed by atoms with Crippen molar-refractivity contribution in [2.45, 2.75) is 43.7 Å². The summed E-state index contributed by atoms with van der Waals surface area (Å²) in [6, 6.07) is 32.4. The molecule has 0 aliphatic rings. The molecule has 0 aliphatic heterocycles. The summed E-state index contributed by atoms with van der Waals surface area (Å²) in [6.45, 7) is 11.5. The Hall–Kier alpha value is -1.81. The fourth-order valence-corrected chi connectivity index (χ4v) is 6.18. The van der Waals surface area contributed by atoms with Crippen molar-refractivity contribution in [1.29, 1.82) is 0 Å². The Bertz CT molecular complexity index is 790. The highest BCUT2D eigenvalue weighted by molar-refractivity contribution is 8.00. The van der Waals surface area contributed by atoms with E-state index in [2.05, 4.69) is 125 Å². The van der Waals surface area contributed by atoms with Gasteiger partial charge in [-0.05, 0) is 34.8 Å². The maximum atomic E-state index is 6.62. The molecule has 0 amide bonds. The molecule has 152 valence electrons. The van der Waals surface area contributed by atoms with Gasteiger partial charge in [-0.1, -0.05) is 112 Å². The normalized spacial score (nSPS) is 12.7. The first-order valence-corrected chi connectivity index (χ1v) is 14.1. The monoisotopic (exact) mass is 420 g/mol. The molecular weight excluding hydrogens is 388 g/mol. The SMILES string of the molecule is CC(C)(C)[Si](C)(C)OCSC(c1ccccc1)(c1ccccc1)c1ccccc1. The van der Waals surface area contributed by atoms with E-state index >= 15 is 0 Å². The Balaban J connectivity index is 2.08. The van der Waals surface area contributed by atoms with Crippen molar-refractivity contribution in [3.05, 3.63) is 108 Å². The van der Waals surface area contributed by atoms with Crippen molar-refractivity contribution in [3.63, 3.8) is 0 Å². The molecule has 0 unspecified atom stereocenters. The van der Waals surface area contributed by atoms with Gasteiger partial charge >= 0.3 is 0 Å². The van der Waals surface area contributed by atoms with Crippen LogP contribution in [-0.4, -0.2) is 14.3 Å². The summed E-state index contributed by atoms with van der Waals surface area (Å²) in [5.41, 5.74) is 3.84. The second-order valence-electron chi connectivity index (χ2n) is 8.95. The van der Waals surface area contributed by atoms with Gasteiger partial charge in [0.15, 0.2) is 8.32 Å². The van der Waals surface area contributed by atoms with Crippen molar-refractivity contribution in [2.75, 3.05) is 5.94 Å². The lowest BCUT2D eigenvalue weighted by Gasteiger charge is -2.39. The van der Waals surface area contributed by atoms with Gasteiger partial charge in [-0.25, -0.2) is 0 Å². The summed E-state index contributed by atoms with van der Waals surface area (Å²) in [7, 11) is -1.83. The van der Waals surface area contributed by atoms with Crippen molar-refractivity contribution in [1.82, 2.24) is 0 Å². The van der Waals surface area contributed by atoms with E-state index in [1.807, 2.05) is 11.8 Å². The third-order valence-electron chi connectivity index (χ3n) is 6.04. The molecule has 0 saturated heterocycles. The third-order valence-corrected chi connectivity index (χ3v) is 12.1. The fraction of sp³-hybridized carbons (Fsp3) is 0.308. The first-order chi connectivity index (χ1) is 13.8. The van der Waals surface area contributed by atoms with Crippen LogP contribution in [0, 0.1) is 0 Å². The van der Waals surface area contributed by atoms with Crippen LogP contribution in [0.4, 0.5) is 0 Å². The average molecular weight is 421 g/mol. The quantitative estimate of drug-likeness (QED) is 0.220. The Morgan fingerprint density at radius 1 is 0.655 bits per heavy atom. The Kier molecular flexibility index (Phi) is 6.72. The number of hydrogen-bond acceptors (Lipinski definition) is 2. The first kappa shape index (κ1) is 21.9. The Morgan fingerprint density at radius 3 is 1.31 bits per heavy atom. The zero-order chi connectivity index (χ0) is 21.0. The van der Waals surface area contributed by atoms with Gasteiger partial charge < -0.3 is 4.43 Å². The van der Waals surface area contributed by atoms with Crippen LogP contribution in [0.5, 0.6) is 0 Å². The van der Waals surface area contributed by atoms with Crippen LogP contribution in [0.2, 0.25) is 18.1 Å². The van der Waals surface area contributed by atoms with E-state index < -0.39 is 8.32 Å². The van der Waals surface area contributed by atoms with E-state index in [0.717, 1.165) is 0 Å². The second-order valence-corrected chi connectivity index (χ2v) is 14.9. The molecule has 0 aromatic heterocycles. The summed E-state index contributed by atoms with van der Waals surface area (Å²) in [5.74, 6) is 0.662. The van der Waals surface area contributed by atoms with Crippen LogP contribution >= 0.6 is 11.8 Å². The molecule has 0 atom stereocenters. The van der Waals surface area contributed by atoms with Gasteiger partial charge in [0.1, 0.15) is 0 Å². The smallest absolute Gasteiger partial charge is 0.193 e. The Morgan fingerprint density at radius 2 is 1.00 bits per heavy atom. The topological polar surface area (TPSA) is 9.23 Å². The van der Waals surface area contributed by atoms with E-state index in [-0.39, 0.29) is 9.79 Å². The molecule has 0 aliphatic carbocycles. The molecule has 29 heavy (non-hydrogen) atoms. The average Bonchev–Trinajstić information content (AvgIpc) is 2.72. The lowest BCUT2D eigenvalue weighted by atomic mass is 9.84. The van der Waals surface area contributed by atoms with Crippen LogP contribution in [-0.2, 0) is 9.17 Å². The van der Waals surface area contributed by atoms with Gasteiger partial charge in [0.2, 0.25) is 0 Å². The maximum Gasteiger partial charge on any atom is 0.193 e. The molecule has 1 nitrogen and oxygen atoms in total. The highest BCUT2D eigenvalue weighted by atomic mass is 32.2. The summed E-state index contributed by atoms with van der Waals surface area (Å²) < 4.78 is 6.30. The fourth-order valence-electron chi connectivity index (χ4n) is 3.25. The van der Waals surface area contributed by atoms with E-state index in [1.165, 1.54) is 16.7 Å². The number of rotatable bonds is 7. The van der Waals surface area contributed by atoms with E-state index in [0.29, 0.717) is 5.94 Å². The van der Waals surface area contributed by atoms with Crippen molar-refractivity contribution in [2.24, 2.45) is 0 Å². The van der Waals surface area contributed by atoms with Crippen LogP contribution in [0.15, 0.2) is 91.0 Å². The molecule has 0 saturated carbocycles. The standard InChI is InChI=1S/C26H32OSSi/c1-25(2,3)29(4,5)27-21-28-26(22-15-9-6-10-16-22,23-17-11-7-12-18-23)24-19-13-8-14-20-24/h6-20H,21H2,1-5H3. The van der Waals surface area contributed by atoms with Crippen LogP contribution in [0.1, 0.15) is 37.5 Å². The lowest BCUT2D eigenvalue weighted by Crippen LogP contribution is -2.41.